The minimum atomic E-state index is -0.533. The zero-order valence-corrected chi connectivity index (χ0v) is 18.3. The van der Waals surface area contributed by atoms with Gasteiger partial charge in [-0.2, -0.15) is 0 Å². The molecule has 6 nitrogen and oxygen atoms in total. The highest BCUT2D eigenvalue weighted by Gasteiger charge is 2.21. The number of amides is 1. The average Bonchev–Trinajstić information content (AvgIpc) is 2.79. The van der Waals surface area contributed by atoms with Crippen molar-refractivity contribution in [3.8, 4) is 5.75 Å². The summed E-state index contributed by atoms with van der Waals surface area (Å²) in [6.45, 7) is 6.94. The lowest BCUT2D eigenvalue weighted by Crippen LogP contribution is -2.49. The number of aliphatic hydroxyl groups excluding tert-OH is 1. The Bertz CT molecular complexity index is 893. The van der Waals surface area contributed by atoms with Crippen LogP contribution in [-0.2, 0) is 17.6 Å². The van der Waals surface area contributed by atoms with Crippen LogP contribution in [0.2, 0.25) is 0 Å². The van der Waals surface area contributed by atoms with E-state index in [0.717, 1.165) is 62.4 Å². The number of ether oxygens (including phenoxy) is 1. The van der Waals surface area contributed by atoms with Crippen LogP contribution in [0.15, 0.2) is 42.5 Å². The normalized spacial score (nSPS) is 17.7. The number of fused-ring (bicyclic) bond motifs is 1. The lowest BCUT2D eigenvalue weighted by atomic mass is 10.0. The highest BCUT2D eigenvalue weighted by Crippen LogP contribution is 2.27. The van der Waals surface area contributed by atoms with Crippen molar-refractivity contribution in [2.24, 2.45) is 0 Å². The Morgan fingerprint density at radius 1 is 1.10 bits per heavy atom. The second-order valence-corrected chi connectivity index (χ2v) is 8.50. The third kappa shape index (κ3) is 5.57. The number of benzene rings is 2. The standard InChI is InChI=1S/C25H33N3O3/c1-2-5-19-6-3-4-7-24(19)28-14-12-27(13-15-28)17-21(29)18-31-22-9-10-23-20(16-22)8-11-25(30)26-23/h3-4,6-7,9-10,16,21,29H,2,5,8,11-15,17-18H2,1H3,(H,26,30). The average molecular weight is 424 g/mol. The highest BCUT2D eigenvalue weighted by molar-refractivity contribution is 5.94. The fourth-order valence-electron chi connectivity index (χ4n) is 4.46. The Labute approximate surface area is 184 Å². The van der Waals surface area contributed by atoms with E-state index in [-0.39, 0.29) is 12.5 Å². The molecule has 0 spiro atoms. The molecule has 2 aliphatic rings. The van der Waals surface area contributed by atoms with Gasteiger partial charge in [0.15, 0.2) is 0 Å². The first-order valence-electron chi connectivity index (χ1n) is 11.4. The number of hydrogen-bond donors (Lipinski definition) is 2. The Morgan fingerprint density at radius 3 is 2.71 bits per heavy atom. The minimum absolute atomic E-state index is 0.0607. The van der Waals surface area contributed by atoms with E-state index in [2.05, 4.69) is 46.3 Å². The van der Waals surface area contributed by atoms with E-state index in [0.29, 0.717) is 13.0 Å². The first-order valence-corrected chi connectivity index (χ1v) is 11.4. The molecule has 1 atom stereocenters. The summed E-state index contributed by atoms with van der Waals surface area (Å²) in [6, 6.07) is 14.4. The van der Waals surface area contributed by atoms with Crippen molar-refractivity contribution in [3.63, 3.8) is 0 Å². The number of nitrogens with one attached hydrogen (secondary N) is 1. The van der Waals surface area contributed by atoms with Crippen molar-refractivity contribution in [2.75, 3.05) is 49.5 Å². The number of carbonyl (C=O) groups is 1. The van der Waals surface area contributed by atoms with Gasteiger partial charge in [0, 0.05) is 50.5 Å². The summed E-state index contributed by atoms with van der Waals surface area (Å²) < 4.78 is 5.84. The maximum absolute atomic E-state index is 11.5. The number of aliphatic hydroxyl groups is 1. The first kappa shape index (κ1) is 21.7. The SMILES string of the molecule is CCCc1ccccc1N1CCN(CC(O)COc2ccc3c(c2)CCC(=O)N3)CC1. The van der Waals surface area contributed by atoms with Gasteiger partial charge in [-0.1, -0.05) is 31.5 Å². The van der Waals surface area contributed by atoms with Gasteiger partial charge in [-0.3, -0.25) is 9.69 Å². The summed E-state index contributed by atoms with van der Waals surface area (Å²) in [5.74, 6) is 0.803. The van der Waals surface area contributed by atoms with Crippen LogP contribution in [0.4, 0.5) is 11.4 Å². The number of piperazine rings is 1. The van der Waals surface area contributed by atoms with Gasteiger partial charge >= 0.3 is 0 Å². The van der Waals surface area contributed by atoms with E-state index in [1.165, 1.54) is 11.3 Å². The number of carbonyl (C=O) groups excluding carboxylic acids is 1. The van der Waals surface area contributed by atoms with E-state index in [4.69, 9.17) is 4.74 Å². The number of anilines is 2. The van der Waals surface area contributed by atoms with Gasteiger partial charge in [0.25, 0.3) is 0 Å². The number of nitrogens with zero attached hydrogens (tertiary/aromatic N) is 2. The summed E-state index contributed by atoms with van der Waals surface area (Å²) in [6.07, 6.45) is 2.97. The number of rotatable bonds is 8. The molecule has 2 aromatic rings. The predicted molar refractivity (Wildman–Crippen MR) is 124 cm³/mol. The molecular formula is C25H33N3O3. The van der Waals surface area contributed by atoms with Gasteiger partial charge in [-0.15, -0.1) is 0 Å². The van der Waals surface area contributed by atoms with Crippen LogP contribution in [0.5, 0.6) is 5.75 Å². The Balaban J connectivity index is 1.23. The number of hydrogen-bond acceptors (Lipinski definition) is 5. The van der Waals surface area contributed by atoms with Crippen molar-refractivity contribution in [1.82, 2.24) is 4.90 Å². The van der Waals surface area contributed by atoms with Gasteiger partial charge in [0.05, 0.1) is 0 Å². The van der Waals surface area contributed by atoms with Crippen LogP contribution in [-0.4, -0.2) is 61.3 Å². The number of para-hydroxylation sites is 1. The first-order chi connectivity index (χ1) is 15.1. The summed E-state index contributed by atoms with van der Waals surface area (Å²) in [5.41, 5.74) is 4.74. The van der Waals surface area contributed by atoms with Gasteiger partial charge in [0.1, 0.15) is 18.5 Å². The van der Waals surface area contributed by atoms with Crippen molar-refractivity contribution in [1.29, 1.82) is 0 Å². The van der Waals surface area contributed by atoms with Gasteiger partial charge in [-0.05, 0) is 48.2 Å². The van der Waals surface area contributed by atoms with Crippen molar-refractivity contribution in [2.45, 2.75) is 38.7 Å². The molecule has 0 bridgehead atoms. The maximum Gasteiger partial charge on any atom is 0.224 e. The quantitative estimate of drug-likeness (QED) is 0.683. The molecule has 166 valence electrons. The molecule has 0 radical (unpaired) electrons. The third-order valence-electron chi connectivity index (χ3n) is 6.11. The molecule has 1 fully saturated rings. The van der Waals surface area contributed by atoms with E-state index in [9.17, 15) is 9.90 Å². The second kappa shape index (κ2) is 10.2. The molecule has 1 unspecified atom stereocenters. The Morgan fingerprint density at radius 2 is 1.90 bits per heavy atom. The Hall–Kier alpha value is -2.57. The third-order valence-corrected chi connectivity index (χ3v) is 6.11. The van der Waals surface area contributed by atoms with Crippen LogP contribution in [0, 0.1) is 0 Å². The molecule has 0 aliphatic carbocycles. The lowest BCUT2D eigenvalue weighted by molar-refractivity contribution is -0.116. The van der Waals surface area contributed by atoms with Crippen LogP contribution < -0.4 is 15.0 Å². The van der Waals surface area contributed by atoms with Gasteiger partial charge in [-0.25, -0.2) is 0 Å². The van der Waals surface area contributed by atoms with E-state index in [1.807, 2.05) is 18.2 Å². The zero-order chi connectivity index (χ0) is 21.6. The summed E-state index contributed by atoms with van der Waals surface area (Å²) >= 11 is 0. The van der Waals surface area contributed by atoms with Crippen molar-refractivity contribution in [3.05, 3.63) is 53.6 Å². The maximum atomic E-state index is 11.5. The van der Waals surface area contributed by atoms with Gasteiger partial charge < -0.3 is 20.1 Å². The summed E-state index contributed by atoms with van der Waals surface area (Å²) in [5, 5.41) is 13.4. The van der Waals surface area contributed by atoms with Crippen LogP contribution in [0.25, 0.3) is 0 Å². The summed E-state index contributed by atoms with van der Waals surface area (Å²) in [4.78, 5) is 16.3. The van der Waals surface area contributed by atoms with E-state index in [1.54, 1.807) is 0 Å². The molecule has 2 heterocycles. The fourth-order valence-corrected chi connectivity index (χ4v) is 4.46. The van der Waals surface area contributed by atoms with Crippen LogP contribution in [0.3, 0.4) is 0 Å². The van der Waals surface area contributed by atoms with Crippen molar-refractivity contribution >= 4 is 17.3 Å². The predicted octanol–water partition coefficient (Wildman–Crippen LogP) is 3.09. The second-order valence-electron chi connectivity index (χ2n) is 8.50. The highest BCUT2D eigenvalue weighted by atomic mass is 16.5. The molecule has 1 saturated heterocycles. The smallest absolute Gasteiger partial charge is 0.224 e. The van der Waals surface area contributed by atoms with Crippen LogP contribution >= 0.6 is 0 Å². The minimum Gasteiger partial charge on any atom is -0.491 e. The molecule has 31 heavy (non-hydrogen) atoms. The monoisotopic (exact) mass is 423 g/mol. The zero-order valence-electron chi connectivity index (χ0n) is 18.3. The van der Waals surface area contributed by atoms with Crippen LogP contribution in [0.1, 0.15) is 30.9 Å². The molecule has 2 aromatic carbocycles. The molecule has 4 rings (SSSR count). The van der Waals surface area contributed by atoms with E-state index >= 15 is 0 Å². The molecule has 2 aliphatic heterocycles. The lowest BCUT2D eigenvalue weighted by Gasteiger charge is -2.37. The van der Waals surface area contributed by atoms with Gasteiger partial charge in [0.2, 0.25) is 5.91 Å². The van der Waals surface area contributed by atoms with E-state index < -0.39 is 6.10 Å². The topological polar surface area (TPSA) is 65.0 Å². The molecule has 6 heteroatoms. The number of β-amino-alcohol motifs (C(OH)–C–C–N with tert-alkyl or cyclic N) is 1. The number of aryl methyl sites for hydroxylation is 2. The van der Waals surface area contributed by atoms with Crippen molar-refractivity contribution < 1.29 is 14.6 Å². The molecule has 0 aromatic heterocycles. The molecule has 2 N–H and O–H groups in total. The largest absolute Gasteiger partial charge is 0.491 e. The fraction of sp³-hybridized carbons (Fsp3) is 0.480. The molecule has 0 saturated carbocycles. The Kier molecular flexibility index (Phi) is 7.10. The summed E-state index contributed by atoms with van der Waals surface area (Å²) in [7, 11) is 0. The molecular weight excluding hydrogens is 390 g/mol. The molecule has 1 amide bonds.